The average Bonchev–Trinajstić information content (AvgIpc) is 2.32. The van der Waals surface area contributed by atoms with E-state index >= 15 is 0 Å². The molecule has 0 radical (unpaired) electrons. The SMILES string of the molecule is NC1=NC(c2cc(NC=O)ccc2F)CCO1. The number of carbonyl (C=O) groups excluding carboxylic acids is 1. The van der Waals surface area contributed by atoms with Crippen molar-refractivity contribution in [2.45, 2.75) is 12.5 Å². The number of rotatable bonds is 3. The van der Waals surface area contributed by atoms with Crippen molar-refractivity contribution in [3.05, 3.63) is 29.6 Å². The predicted molar refractivity (Wildman–Crippen MR) is 61.0 cm³/mol. The van der Waals surface area contributed by atoms with E-state index in [2.05, 4.69) is 10.3 Å². The number of nitrogens with zero attached hydrogens (tertiary/aromatic N) is 1. The van der Waals surface area contributed by atoms with Crippen LogP contribution in [-0.4, -0.2) is 19.0 Å². The van der Waals surface area contributed by atoms with Crippen molar-refractivity contribution in [1.29, 1.82) is 0 Å². The van der Waals surface area contributed by atoms with Crippen LogP contribution in [0.15, 0.2) is 23.2 Å². The molecule has 1 amide bonds. The number of nitrogens with two attached hydrogens (primary N) is 1. The topological polar surface area (TPSA) is 76.7 Å². The zero-order valence-corrected chi connectivity index (χ0v) is 9.02. The van der Waals surface area contributed by atoms with E-state index in [1.807, 2.05) is 0 Å². The Morgan fingerprint density at radius 1 is 1.59 bits per heavy atom. The number of hydrogen-bond donors (Lipinski definition) is 2. The molecule has 0 saturated heterocycles. The summed E-state index contributed by atoms with van der Waals surface area (Å²) < 4.78 is 18.6. The van der Waals surface area contributed by atoms with Crippen LogP contribution in [0.2, 0.25) is 0 Å². The van der Waals surface area contributed by atoms with Crippen LogP contribution in [0.4, 0.5) is 10.1 Å². The number of benzene rings is 1. The van der Waals surface area contributed by atoms with E-state index in [1.54, 1.807) is 6.07 Å². The molecule has 0 bridgehead atoms. The number of amidine groups is 1. The van der Waals surface area contributed by atoms with E-state index in [0.717, 1.165) is 0 Å². The van der Waals surface area contributed by atoms with Gasteiger partial charge in [0.2, 0.25) is 6.41 Å². The molecule has 0 saturated carbocycles. The number of aliphatic imine (C=N–C) groups is 1. The molecule has 0 aliphatic carbocycles. The Morgan fingerprint density at radius 2 is 2.41 bits per heavy atom. The van der Waals surface area contributed by atoms with Crippen molar-refractivity contribution in [2.75, 3.05) is 11.9 Å². The lowest BCUT2D eigenvalue weighted by atomic mass is 10.0. The van der Waals surface area contributed by atoms with Crippen molar-refractivity contribution in [2.24, 2.45) is 10.7 Å². The normalized spacial score (nSPS) is 19.1. The van der Waals surface area contributed by atoms with Crippen LogP contribution in [0.1, 0.15) is 18.0 Å². The van der Waals surface area contributed by atoms with Crippen molar-refractivity contribution in [3.8, 4) is 0 Å². The van der Waals surface area contributed by atoms with E-state index in [0.29, 0.717) is 30.7 Å². The zero-order chi connectivity index (χ0) is 12.3. The molecule has 0 spiro atoms. The largest absolute Gasteiger partial charge is 0.465 e. The summed E-state index contributed by atoms with van der Waals surface area (Å²) in [5.74, 6) is -0.370. The molecule has 0 fully saturated rings. The molecule has 0 aromatic heterocycles. The van der Waals surface area contributed by atoms with Crippen molar-refractivity contribution in [1.82, 2.24) is 0 Å². The number of carbonyl (C=O) groups is 1. The fourth-order valence-corrected chi connectivity index (χ4v) is 1.71. The lowest BCUT2D eigenvalue weighted by molar-refractivity contribution is -0.105. The second kappa shape index (κ2) is 4.82. The number of amides is 1. The summed E-state index contributed by atoms with van der Waals surface area (Å²) in [6.45, 7) is 0.408. The maximum absolute atomic E-state index is 13.7. The van der Waals surface area contributed by atoms with Gasteiger partial charge in [0, 0.05) is 17.7 Å². The van der Waals surface area contributed by atoms with Gasteiger partial charge >= 0.3 is 0 Å². The van der Waals surface area contributed by atoms with E-state index in [4.69, 9.17) is 10.5 Å². The Hall–Kier alpha value is -2.11. The average molecular weight is 237 g/mol. The molecular weight excluding hydrogens is 225 g/mol. The lowest BCUT2D eigenvalue weighted by Crippen LogP contribution is -2.24. The summed E-state index contributed by atoms with van der Waals surface area (Å²) in [6.07, 6.45) is 1.10. The quantitative estimate of drug-likeness (QED) is 0.775. The number of nitrogens with one attached hydrogen (secondary N) is 1. The van der Waals surface area contributed by atoms with Crippen LogP contribution in [0.5, 0.6) is 0 Å². The first-order chi connectivity index (χ1) is 8.20. The summed E-state index contributed by atoms with van der Waals surface area (Å²) >= 11 is 0. The minimum atomic E-state index is -0.370. The van der Waals surface area contributed by atoms with Gasteiger partial charge in [-0.05, 0) is 18.2 Å². The van der Waals surface area contributed by atoms with Crippen LogP contribution in [0.3, 0.4) is 0 Å². The molecule has 17 heavy (non-hydrogen) atoms. The predicted octanol–water partition coefficient (Wildman–Crippen LogP) is 1.17. The van der Waals surface area contributed by atoms with Gasteiger partial charge in [-0.3, -0.25) is 4.79 Å². The maximum Gasteiger partial charge on any atom is 0.282 e. The Bertz CT molecular complexity index is 462. The van der Waals surface area contributed by atoms with Crippen molar-refractivity contribution in [3.63, 3.8) is 0 Å². The van der Waals surface area contributed by atoms with Crippen LogP contribution >= 0.6 is 0 Å². The van der Waals surface area contributed by atoms with Gasteiger partial charge in [-0.1, -0.05) is 0 Å². The summed E-state index contributed by atoms with van der Waals surface area (Å²) in [5.41, 5.74) is 6.37. The highest BCUT2D eigenvalue weighted by Crippen LogP contribution is 2.28. The molecule has 90 valence electrons. The lowest BCUT2D eigenvalue weighted by Gasteiger charge is -2.20. The molecule has 1 unspecified atom stereocenters. The second-order valence-corrected chi connectivity index (χ2v) is 3.62. The molecule has 6 heteroatoms. The van der Waals surface area contributed by atoms with E-state index in [1.165, 1.54) is 12.1 Å². The van der Waals surface area contributed by atoms with Crippen molar-refractivity contribution >= 4 is 18.1 Å². The zero-order valence-electron chi connectivity index (χ0n) is 9.02. The van der Waals surface area contributed by atoms with Gasteiger partial charge in [-0.15, -0.1) is 0 Å². The third-order valence-electron chi connectivity index (χ3n) is 2.50. The molecular formula is C11H12FN3O2. The standard InChI is InChI=1S/C11H12FN3O2/c12-9-2-1-7(14-6-16)5-8(9)10-3-4-17-11(13)15-10/h1-2,5-6,10H,3-4H2,(H2,13,15)(H,14,16). The van der Waals surface area contributed by atoms with Crippen LogP contribution in [0, 0.1) is 5.82 Å². The van der Waals surface area contributed by atoms with Gasteiger partial charge in [0.25, 0.3) is 6.02 Å². The third kappa shape index (κ3) is 2.52. The van der Waals surface area contributed by atoms with Gasteiger partial charge in [-0.25, -0.2) is 9.38 Å². The first-order valence-corrected chi connectivity index (χ1v) is 5.16. The van der Waals surface area contributed by atoms with Crippen molar-refractivity contribution < 1.29 is 13.9 Å². The second-order valence-electron chi connectivity index (χ2n) is 3.62. The Morgan fingerprint density at radius 3 is 3.12 bits per heavy atom. The van der Waals surface area contributed by atoms with Gasteiger partial charge in [-0.2, -0.15) is 0 Å². The van der Waals surface area contributed by atoms with Crippen LogP contribution < -0.4 is 11.1 Å². The summed E-state index contributed by atoms with van der Waals surface area (Å²) in [6, 6.07) is 4.03. The smallest absolute Gasteiger partial charge is 0.282 e. The monoisotopic (exact) mass is 237 g/mol. The van der Waals surface area contributed by atoms with E-state index in [-0.39, 0.29) is 17.9 Å². The molecule has 3 N–H and O–H groups in total. The maximum atomic E-state index is 13.7. The number of anilines is 1. The number of halogens is 1. The minimum Gasteiger partial charge on any atom is -0.465 e. The molecule has 5 nitrogen and oxygen atoms in total. The van der Waals surface area contributed by atoms with Gasteiger partial charge in [0.05, 0.1) is 12.6 Å². The molecule has 1 aliphatic heterocycles. The fourth-order valence-electron chi connectivity index (χ4n) is 1.71. The molecule has 1 heterocycles. The first-order valence-electron chi connectivity index (χ1n) is 5.16. The molecule has 1 aliphatic rings. The highest BCUT2D eigenvalue weighted by Gasteiger charge is 2.20. The summed E-state index contributed by atoms with van der Waals surface area (Å²) in [5, 5.41) is 2.47. The van der Waals surface area contributed by atoms with Gasteiger partial charge in [0.1, 0.15) is 5.82 Å². The first kappa shape index (κ1) is 11.4. The summed E-state index contributed by atoms with van der Waals surface area (Å²) in [7, 11) is 0. The van der Waals surface area contributed by atoms with Gasteiger partial charge in [0.15, 0.2) is 0 Å². The van der Waals surface area contributed by atoms with E-state index in [9.17, 15) is 9.18 Å². The number of ether oxygens (including phenoxy) is 1. The molecule has 1 atom stereocenters. The highest BCUT2D eigenvalue weighted by molar-refractivity contribution is 5.73. The van der Waals surface area contributed by atoms with Crippen LogP contribution in [-0.2, 0) is 9.53 Å². The third-order valence-corrected chi connectivity index (χ3v) is 2.50. The highest BCUT2D eigenvalue weighted by atomic mass is 19.1. The van der Waals surface area contributed by atoms with Crippen LogP contribution in [0.25, 0.3) is 0 Å². The van der Waals surface area contributed by atoms with E-state index < -0.39 is 0 Å². The Labute approximate surface area is 97.5 Å². The Balaban J connectivity index is 2.33. The number of hydrogen-bond acceptors (Lipinski definition) is 4. The van der Waals surface area contributed by atoms with Gasteiger partial charge < -0.3 is 15.8 Å². The molecule has 1 aromatic carbocycles. The molecule has 1 aromatic rings. The summed E-state index contributed by atoms with van der Waals surface area (Å²) in [4.78, 5) is 14.4. The fraction of sp³-hybridized carbons (Fsp3) is 0.273. The Kier molecular flexibility index (Phi) is 3.22. The minimum absolute atomic E-state index is 0.0643. The molecule has 2 rings (SSSR count).